The van der Waals surface area contributed by atoms with Gasteiger partial charge in [0.1, 0.15) is 18.0 Å². The number of carbonyl (C=O) groups excluding carboxylic acids is 2. The molecule has 6 nitrogen and oxygen atoms in total. The van der Waals surface area contributed by atoms with Gasteiger partial charge in [-0.2, -0.15) is 0 Å². The fourth-order valence-electron chi connectivity index (χ4n) is 2.32. The molecule has 2 aromatic rings. The van der Waals surface area contributed by atoms with Crippen LogP contribution in [0.3, 0.4) is 0 Å². The first kappa shape index (κ1) is 19.5. The average molecular weight is 357 g/mol. The van der Waals surface area contributed by atoms with E-state index in [2.05, 4.69) is 0 Å². The van der Waals surface area contributed by atoms with Gasteiger partial charge in [0.15, 0.2) is 0 Å². The van der Waals surface area contributed by atoms with Gasteiger partial charge >= 0.3 is 5.97 Å². The predicted molar refractivity (Wildman–Crippen MR) is 97.4 cm³/mol. The lowest BCUT2D eigenvalue weighted by Crippen LogP contribution is -2.38. The van der Waals surface area contributed by atoms with Crippen molar-refractivity contribution in [3.63, 3.8) is 0 Å². The van der Waals surface area contributed by atoms with Crippen molar-refractivity contribution < 1.29 is 23.8 Å². The van der Waals surface area contributed by atoms with Gasteiger partial charge in [0.25, 0.3) is 5.91 Å². The number of para-hydroxylation sites is 1. The molecule has 0 aromatic heterocycles. The van der Waals surface area contributed by atoms with Gasteiger partial charge in [0.2, 0.25) is 0 Å². The molecule has 2 aromatic carbocycles. The molecule has 6 heteroatoms. The van der Waals surface area contributed by atoms with Gasteiger partial charge < -0.3 is 19.1 Å². The van der Waals surface area contributed by atoms with Crippen molar-refractivity contribution in [2.75, 3.05) is 33.4 Å². The summed E-state index contributed by atoms with van der Waals surface area (Å²) in [5.41, 5.74) is 0.429. The number of methoxy groups -OCH3 is 1. The van der Waals surface area contributed by atoms with Crippen LogP contribution in [0, 0.1) is 0 Å². The second kappa shape index (κ2) is 10.2. The molecular formula is C20H23NO5. The summed E-state index contributed by atoms with van der Waals surface area (Å²) >= 11 is 0. The summed E-state index contributed by atoms with van der Waals surface area (Å²) < 4.78 is 15.7. The Balaban J connectivity index is 2.13. The SMILES string of the molecule is CCOC(=O)CN(CCOC)C(=O)c1cccc(Oc2ccccc2)c1. The van der Waals surface area contributed by atoms with E-state index < -0.39 is 5.97 Å². The van der Waals surface area contributed by atoms with E-state index in [4.69, 9.17) is 14.2 Å². The molecule has 0 spiro atoms. The number of esters is 1. The third kappa shape index (κ3) is 5.89. The molecule has 1 amide bonds. The monoisotopic (exact) mass is 357 g/mol. The van der Waals surface area contributed by atoms with Gasteiger partial charge in [-0.3, -0.25) is 9.59 Å². The molecule has 0 aliphatic carbocycles. The predicted octanol–water partition coefficient (Wildman–Crippen LogP) is 3.13. The molecule has 0 fully saturated rings. The maximum atomic E-state index is 12.8. The highest BCUT2D eigenvalue weighted by molar-refractivity contribution is 5.96. The summed E-state index contributed by atoms with van der Waals surface area (Å²) in [6.45, 7) is 2.48. The van der Waals surface area contributed by atoms with E-state index in [1.807, 2.05) is 30.3 Å². The number of ether oxygens (including phenoxy) is 3. The van der Waals surface area contributed by atoms with Crippen LogP contribution in [0.5, 0.6) is 11.5 Å². The third-order valence-electron chi connectivity index (χ3n) is 3.54. The van der Waals surface area contributed by atoms with Crippen LogP contribution in [0.1, 0.15) is 17.3 Å². The summed E-state index contributed by atoms with van der Waals surface area (Å²) in [5, 5.41) is 0. The Hall–Kier alpha value is -2.86. The smallest absolute Gasteiger partial charge is 0.325 e. The fraction of sp³-hybridized carbons (Fsp3) is 0.300. The number of hydrogen-bond acceptors (Lipinski definition) is 5. The Labute approximate surface area is 153 Å². The van der Waals surface area contributed by atoms with E-state index in [0.29, 0.717) is 23.7 Å². The zero-order chi connectivity index (χ0) is 18.8. The van der Waals surface area contributed by atoms with Gasteiger partial charge in [-0.05, 0) is 37.3 Å². The summed E-state index contributed by atoms with van der Waals surface area (Å²) in [6, 6.07) is 16.2. The van der Waals surface area contributed by atoms with E-state index in [9.17, 15) is 9.59 Å². The molecule has 0 bridgehead atoms. The topological polar surface area (TPSA) is 65.1 Å². The molecule has 0 unspecified atom stereocenters. The first-order valence-electron chi connectivity index (χ1n) is 8.40. The number of nitrogens with zero attached hydrogens (tertiary/aromatic N) is 1. The lowest BCUT2D eigenvalue weighted by Gasteiger charge is -2.21. The minimum atomic E-state index is -0.450. The number of benzene rings is 2. The number of carbonyl (C=O) groups is 2. The van der Waals surface area contributed by atoms with Crippen LogP contribution in [0.4, 0.5) is 0 Å². The van der Waals surface area contributed by atoms with Crippen LogP contribution < -0.4 is 4.74 Å². The van der Waals surface area contributed by atoms with Crippen molar-refractivity contribution in [3.8, 4) is 11.5 Å². The van der Waals surface area contributed by atoms with Crippen LogP contribution in [-0.2, 0) is 14.3 Å². The second-order valence-electron chi connectivity index (χ2n) is 5.47. The highest BCUT2D eigenvalue weighted by Crippen LogP contribution is 2.22. The van der Waals surface area contributed by atoms with Crippen LogP contribution in [-0.4, -0.2) is 50.2 Å². The largest absolute Gasteiger partial charge is 0.465 e. The normalized spacial score (nSPS) is 10.2. The molecule has 2 rings (SSSR count). The number of amides is 1. The average Bonchev–Trinajstić information content (AvgIpc) is 2.66. The van der Waals surface area contributed by atoms with E-state index in [1.54, 1.807) is 38.3 Å². The van der Waals surface area contributed by atoms with Crippen molar-refractivity contribution in [3.05, 3.63) is 60.2 Å². The van der Waals surface area contributed by atoms with Crippen molar-refractivity contribution in [1.29, 1.82) is 0 Å². The molecule has 0 aliphatic heterocycles. The van der Waals surface area contributed by atoms with Crippen molar-refractivity contribution in [2.45, 2.75) is 6.92 Å². The van der Waals surface area contributed by atoms with Crippen molar-refractivity contribution in [2.24, 2.45) is 0 Å². The lowest BCUT2D eigenvalue weighted by atomic mass is 10.2. The Morgan fingerprint density at radius 3 is 2.42 bits per heavy atom. The molecular weight excluding hydrogens is 334 g/mol. The first-order valence-corrected chi connectivity index (χ1v) is 8.40. The Morgan fingerprint density at radius 1 is 1.00 bits per heavy atom. The van der Waals surface area contributed by atoms with Crippen molar-refractivity contribution >= 4 is 11.9 Å². The molecule has 0 radical (unpaired) electrons. The van der Waals surface area contributed by atoms with Crippen LogP contribution in [0.25, 0.3) is 0 Å². The standard InChI is InChI=1S/C20H23NO5/c1-3-25-19(22)15-21(12-13-24-2)20(23)16-8-7-11-18(14-16)26-17-9-5-4-6-10-17/h4-11,14H,3,12-13,15H2,1-2H3. The van der Waals surface area contributed by atoms with Gasteiger partial charge in [-0.15, -0.1) is 0 Å². The second-order valence-corrected chi connectivity index (χ2v) is 5.47. The van der Waals surface area contributed by atoms with E-state index in [1.165, 1.54) is 4.90 Å². The van der Waals surface area contributed by atoms with Gasteiger partial charge in [-0.25, -0.2) is 0 Å². The maximum absolute atomic E-state index is 12.8. The van der Waals surface area contributed by atoms with E-state index in [0.717, 1.165) is 0 Å². The molecule has 0 saturated carbocycles. The lowest BCUT2D eigenvalue weighted by molar-refractivity contribution is -0.143. The summed E-state index contributed by atoms with van der Waals surface area (Å²) in [5.74, 6) is 0.493. The molecule has 0 atom stereocenters. The van der Waals surface area contributed by atoms with Crippen LogP contribution in [0.15, 0.2) is 54.6 Å². The molecule has 0 aliphatic rings. The maximum Gasteiger partial charge on any atom is 0.325 e. The van der Waals surface area contributed by atoms with Gasteiger partial charge in [-0.1, -0.05) is 24.3 Å². The highest BCUT2D eigenvalue weighted by Gasteiger charge is 2.20. The van der Waals surface area contributed by atoms with Crippen molar-refractivity contribution in [1.82, 2.24) is 4.90 Å². The van der Waals surface area contributed by atoms with Gasteiger partial charge in [0, 0.05) is 19.2 Å². The Kier molecular flexibility index (Phi) is 7.64. The molecule has 26 heavy (non-hydrogen) atoms. The molecule has 0 N–H and O–H groups in total. The Bertz CT molecular complexity index is 717. The first-order chi connectivity index (χ1) is 12.6. The van der Waals surface area contributed by atoms with Gasteiger partial charge in [0.05, 0.1) is 13.2 Å². The number of rotatable bonds is 9. The Morgan fingerprint density at radius 2 is 1.73 bits per heavy atom. The molecule has 0 saturated heterocycles. The minimum Gasteiger partial charge on any atom is -0.465 e. The highest BCUT2D eigenvalue weighted by atomic mass is 16.5. The number of hydrogen-bond donors (Lipinski definition) is 0. The van der Waals surface area contributed by atoms with E-state index in [-0.39, 0.29) is 25.6 Å². The minimum absolute atomic E-state index is 0.125. The van der Waals surface area contributed by atoms with Crippen LogP contribution in [0.2, 0.25) is 0 Å². The summed E-state index contributed by atoms with van der Waals surface area (Å²) in [6.07, 6.45) is 0. The third-order valence-corrected chi connectivity index (χ3v) is 3.54. The zero-order valence-corrected chi connectivity index (χ0v) is 15.0. The molecule has 138 valence electrons. The summed E-state index contributed by atoms with van der Waals surface area (Å²) in [4.78, 5) is 26.0. The zero-order valence-electron chi connectivity index (χ0n) is 15.0. The quantitative estimate of drug-likeness (QED) is 0.645. The molecule has 0 heterocycles. The summed E-state index contributed by atoms with van der Waals surface area (Å²) in [7, 11) is 1.54. The van der Waals surface area contributed by atoms with Crippen LogP contribution >= 0.6 is 0 Å². The fourth-order valence-corrected chi connectivity index (χ4v) is 2.32. The van der Waals surface area contributed by atoms with E-state index >= 15 is 0 Å².